The van der Waals surface area contributed by atoms with Gasteiger partial charge in [0.1, 0.15) is 0 Å². The summed E-state index contributed by atoms with van der Waals surface area (Å²) in [5.74, 6) is -0.775. The number of halogens is 3. The summed E-state index contributed by atoms with van der Waals surface area (Å²) < 4.78 is 28.6. The minimum absolute atomic E-state index is 0.140. The molecule has 0 fully saturated rings. The van der Waals surface area contributed by atoms with Crippen LogP contribution < -0.4 is 10.9 Å². The normalized spacial score (nSPS) is 10.7. The number of carbonyl (C=O) groups is 2. The third kappa shape index (κ3) is 9.20. The Morgan fingerprint density at radius 3 is 2.47 bits per heavy atom. The minimum atomic E-state index is -3.42. The number of rotatable bonds is 4. The van der Waals surface area contributed by atoms with E-state index in [1.165, 1.54) is 0 Å². The van der Waals surface area contributed by atoms with E-state index < -0.39 is 30.2 Å². The van der Waals surface area contributed by atoms with Gasteiger partial charge in [0, 0.05) is 12.8 Å². The van der Waals surface area contributed by atoms with Crippen molar-refractivity contribution in [3.63, 3.8) is 0 Å². The number of carbonyl (C=O) groups excluding carboxylic acids is 2. The fourth-order valence-electron chi connectivity index (χ4n) is 0.606. The van der Waals surface area contributed by atoms with Crippen LogP contribution in [-0.4, -0.2) is 24.0 Å². The first-order valence-electron chi connectivity index (χ1n) is 4.13. The van der Waals surface area contributed by atoms with Crippen LogP contribution >= 0.6 is 11.6 Å². The maximum absolute atomic E-state index is 12.1. The van der Waals surface area contributed by atoms with Crippen LogP contribution in [0.25, 0.3) is 0 Å². The van der Waals surface area contributed by atoms with Gasteiger partial charge < -0.3 is 4.74 Å². The zero-order valence-electron chi connectivity index (χ0n) is 7.98. The Morgan fingerprint density at radius 1 is 1.40 bits per heavy atom. The Balaban J connectivity index is 3.62. The summed E-state index contributed by atoms with van der Waals surface area (Å²) in [6.07, 6.45) is -2.16. The van der Waals surface area contributed by atoms with E-state index in [-0.39, 0.29) is 6.61 Å². The van der Waals surface area contributed by atoms with E-state index in [9.17, 15) is 18.4 Å². The number of amides is 2. The molecule has 0 aliphatic rings. The van der Waals surface area contributed by atoms with Gasteiger partial charge in [-0.25, -0.2) is 10.2 Å². The van der Waals surface area contributed by atoms with Crippen LogP contribution in [0.3, 0.4) is 0 Å². The first-order chi connectivity index (χ1) is 6.85. The van der Waals surface area contributed by atoms with E-state index in [1.807, 2.05) is 10.9 Å². The number of ether oxygens (including phenoxy) is 1. The lowest BCUT2D eigenvalue weighted by atomic mass is 10.3. The Kier molecular flexibility index (Phi) is 5.92. The highest BCUT2D eigenvalue weighted by Crippen LogP contribution is 2.24. The van der Waals surface area contributed by atoms with Crippen molar-refractivity contribution in [3.8, 4) is 0 Å². The van der Waals surface area contributed by atoms with E-state index in [2.05, 4.69) is 16.3 Å². The molecule has 0 atom stereocenters. The van der Waals surface area contributed by atoms with Gasteiger partial charge in [0.2, 0.25) is 5.91 Å². The summed E-state index contributed by atoms with van der Waals surface area (Å²) in [6, 6.07) is 0. The van der Waals surface area contributed by atoms with Crippen LogP contribution in [0, 0.1) is 0 Å². The summed E-state index contributed by atoms with van der Waals surface area (Å²) in [5, 5.41) is -3.42. The van der Waals surface area contributed by atoms with Gasteiger partial charge >= 0.3 is 11.5 Å². The number of hydrogen-bond acceptors (Lipinski definition) is 3. The Hall–Kier alpha value is -1.11. The number of hydrogen-bond donors (Lipinski definition) is 2. The monoisotopic (exact) mass is 244 g/mol. The number of alkyl halides is 3. The molecule has 0 aromatic rings. The van der Waals surface area contributed by atoms with Gasteiger partial charge in [-0.2, -0.15) is 8.78 Å². The molecule has 8 heteroatoms. The molecule has 0 aliphatic heterocycles. The van der Waals surface area contributed by atoms with Crippen molar-refractivity contribution >= 4 is 23.6 Å². The molecule has 0 bridgehead atoms. The maximum atomic E-state index is 12.1. The standard InChI is InChI=1S/C7H11ClF2N2O3/c1-2-15-6(14)12-11-5(13)3-4-7(8,9)10/h2-4H2,1H3,(H,11,13)(H,12,14). The lowest BCUT2D eigenvalue weighted by Gasteiger charge is -2.08. The van der Waals surface area contributed by atoms with Gasteiger partial charge in [-0.05, 0) is 18.5 Å². The molecule has 0 saturated heterocycles. The predicted molar refractivity (Wildman–Crippen MR) is 48.3 cm³/mol. The molecule has 2 amide bonds. The number of hydrazine groups is 1. The van der Waals surface area contributed by atoms with Gasteiger partial charge in [-0.15, -0.1) is 0 Å². The van der Waals surface area contributed by atoms with Crippen molar-refractivity contribution in [2.75, 3.05) is 6.61 Å². The van der Waals surface area contributed by atoms with Crippen molar-refractivity contribution in [1.82, 2.24) is 10.9 Å². The summed E-state index contributed by atoms with van der Waals surface area (Å²) in [6.45, 7) is 1.72. The molecule has 2 N–H and O–H groups in total. The van der Waals surface area contributed by atoms with Crippen molar-refractivity contribution in [3.05, 3.63) is 0 Å². The largest absolute Gasteiger partial charge is 0.449 e. The third-order valence-electron chi connectivity index (χ3n) is 1.21. The first kappa shape index (κ1) is 13.9. The smallest absolute Gasteiger partial charge is 0.426 e. The first-order valence-corrected chi connectivity index (χ1v) is 4.51. The molecular formula is C7H11ClF2N2O3. The molecule has 0 radical (unpaired) electrons. The number of nitrogens with one attached hydrogen (secondary N) is 2. The van der Waals surface area contributed by atoms with Gasteiger partial charge in [0.05, 0.1) is 6.61 Å². The van der Waals surface area contributed by atoms with Crippen molar-refractivity contribution in [2.24, 2.45) is 0 Å². The van der Waals surface area contributed by atoms with Crippen LogP contribution in [-0.2, 0) is 9.53 Å². The molecule has 0 spiro atoms. The third-order valence-corrected chi connectivity index (χ3v) is 1.40. The lowest BCUT2D eigenvalue weighted by molar-refractivity contribution is -0.123. The topological polar surface area (TPSA) is 67.4 Å². The lowest BCUT2D eigenvalue weighted by Crippen LogP contribution is -2.42. The molecule has 0 aromatic carbocycles. The van der Waals surface area contributed by atoms with Crippen LogP contribution in [0.5, 0.6) is 0 Å². The summed E-state index contributed by atoms with van der Waals surface area (Å²) >= 11 is 4.56. The molecule has 0 heterocycles. The predicted octanol–water partition coefficient (Wildman–Crippen LogP) is 1.38. The van der Waals surface area contributed by atoms with Crippen molar-refractivity contribution < 1.29 is 23.1 Å². The van der Waals surface area contributed by atoms with E-state index >= 15 is 0 Å². The zero-order valence-corrected chi connectivity index (χ0v) is 8.74. The Morgan fingerprint density at radius 2 is 2.00 bits per heavy atom. The average molecular weight is 245 g/mol. The highest BCUT2D eigenvalue weighted by molar-refractivity contribution is 6.21. The van der Waals surface area contributed by atoms with Crippen LogP contribution in [0.2, 0.25) is 0 Å². The molecule has 15 heavy (non-hydrogen) atoms. The van der Waals surface area contributed by atoms with E-state index in [4.69, 9.17) is 0 Å². The van der Waals surface area contributed by atoms with Crippen LogP contribution in [0.1, 0.15) is 19.8 Å². The summed E-state index contributed by atoms with van der Waals surface area (Å²) in [4.78, 5) is 21.5. The second-order valence-corrected chi connectivity index (χ2v) is 3.06. The average Bonchev–Trinajstić information content (AvgIpc) is 2.11. The second-order valence-electron chi connectivity index (χ2n) is 2.51. The highest BCUT2D eigenvalue weighted by Gasteiger charge is 2.25. The van der Waals surface area contributed by atoms with Crippen molar-refractivity contribution in [1.29, 1.82) is 0 Å². The molecule has 0 unspecified atom stereocenters. The van der Waals surface area contributed by atoms with Crippen LogP contribution in [0.15, 0.2) is 0 Å². The second kappa shape index (κ2) is 6.39. The Bertz CT molecular complexity index is 233. The molecule has 5 nitrogen and oxygen atoms in total. The molecule has 0 aliphatic carbocycles. The maximum Gasteiger partial charge on any atom is 0.426 e. The fourth-order valence-corrected chi connectivity index (χ4v) is 0.700. The highest BCUT2D eigenvalue weighted by atomic mass is 35.5. The van der Waals surface area contributed by atoms with E-state index in [1.54, 1.807) is 6.92 Å². The molecule has 0 aromatic heterocycles. The van der Waals surface area contributed by atoms with Gasteiger partial charge in [-0.3, -0.25) is 10.2 Å². The zero-order chi connectivity index (χ0) is 11.9. The van der Waals surface area contributed by atoms with E-state index in [0.717, 1.165) is 0 Å². The SMILES string of the molecule is CCOC(=O)NNC(=O)CCC(F)(F)Cl. The van der Waals surface area contributed by atoms with Crippen molar-refractivity contribution in [2.45, 2.75) is 25.1 Å². The minimum Gasteiger partial charge on any atom is -0.449 e. The molecule has 0 rings (SSSR count). The van der Waals surface area contributed by atoms with Crippen LogP contribution in [0.4, 0.5) is 13.6 Å². The summed E-state index contributed by atoms with van der Waals surface area (Å²) in [5.41, 5.74) is 3.76. The Labute approximate surface area is 90.1 Å². The van der Waals surface area contributed by atoms with E-state index in [0.29, 0.717) is 0 Å². The molecule has 88 valence electrons. The van der Waals surface area contributed by atoms with Gasteiger partial charge in [-0.1, -0.05) is 0 Å². The molecule has 0 saturated carbocycles. The summed E-state index contributed by atoms with van der Waals surface area (Å²) in [7, 11) is 0. The molecular weight excluding hydrogens is 234 g/mol. The van der Waals surface area contributed by atoms with Gasteiger partial charge in [0.15, 0.2) is 0 Å². The fraction of sp³-hybridized carbons (Fsp3) is 0.714. The van der Waals surface area contributed by atoms with Gasteiger partial charge in [0.25, 0.3) is 0 Å². The quantitative estimate of drug-likeness (QED) is 0.580.